The molecule has 112 valence electrons. The number of hydrogen-bond acceptors (Lipinski definition) is 4. The molecule has 0 atom stereocenters. The number of ether oxygens (including phenoxy) is 1. The van der Waals surface area contributed by atoms with Crippen molar-refractivity contribution in [2.45, 2.75) is 4.90 Å². The average molecular weight is 378 g/mol. The number of benzene rings is 2. The van der Waals surface area contributed by atoms with Crippen LogP contribution in [0.2, 0.25) is 0 Å². The number of hydrogen-bond donors (Lipinski definition) is 0. The lowest BCUT2D eigenvalue weighted by atomic mass is 10.2. The topological polar surface area (TPSA) is 67.2 Å². The summed E-state index contributed by atoms with van der Waals surface area (Å²) in [6.45, 7) is 0. The molecule has 0 unspecified atom stereocenters. The molecule has 0 bridgehead atoms. The highest BCUT2D eigenvalue weighted by molar-refractivity contribution is 9.10. The standard InChI is InChI=1S/C16H12BrNO3S/c1-21-16-8-7-12(10-15(16)17)9-14(11-18)22(19,20)13-5-3-2-4-6-13/h2-10H,1H3. The summed E-state index contributed by atoms with van der Waals surface area (Å²) in [7, 11) is -2.29. The normalized spacial score (nSPS) is 11.8. The predicted molar refractivity (Wildman–Crippen MR) is 87.9 cm³/mol. The first-order valence-corrected chi connectivity index (χ1v) is 8.52. The first kappa shape index (κ1) is 16.3. The first-order valence-electron chi connectivity index (χ1n) is 6.24. The van der Waals surface area contributed by atoms with Crippen LogP contribution in [0, 0.1) is 11.3 Å². The molecule has 0 aliphatic rings. The van der Waals surface area contributed by atoms with Crippen molar-refractivity contribution in [3.63, 3.8) is 0 Å². The van der Waals surface area contributed by atoms with Crippen molar-refractivity contribution < 1.29 is 13.2 Å². The van der Waals surface area contributed by atoms with Crippen molar-refractivity contribution >= 4 is 31.8 Å². The Morgan fingerprint density at radius 2 is 1.91 bits per heavy atom. The number of sulfone groups is 1. The van der Waals surface area contributed by atoms with Gasteiger partial charge in [0.2, 0.25) is 9.84 Å². The fourth-order valence-corrected chi connectivity index (χ4v) is 3.56. The van der Waals surface area contributed by atoms with E-state index < -0.39 is 9.84 Å². The zero-order chi connectivity index (χ0) is 16.2. The van der Waals surface area contributed by atoms with Gasteiger partial charge in [-0.25, -0.2) is 8.42 Å². The van der Waals surface area contributed by atoms with E-state index in [1.807, 2.05) is 0 Å². The summed E-state index contributed by atoms with van der Waals surface area (Å²) in [6.07, 6.45) is 1.34. The molecule has 0 saturated heterocycles. The Bertz CT molecular complexity index is 853. The molecule has 0 spiro atoms. The zero-order valence-electron chi connectivity index (χ0n) is 11.7. The summed E-state index contributed by atoms with van der Waals surface area (Å²) >= 11 is 3.33. The van der Waals surface area contributed by atoms with Crippen LogP contribution in [0.1, 0.15) is 5.56 Å². The molecule has 2 rings (SSSR count). The molecule has 0 aliphatic heterocycles. The highest BCUT2D eigenvalue weighted by Crippen LogP contribution is 2.28. The summed E-state index contributed by atoms with van der Waals surface area (Å²) in [6, 6.07) is 14.7. The van der Waals surface area contributed by atoms with E-state index in [0.29, 0.717) is 15.8 Å². The third-order valence-electron chi connectivity index (χ3n) is 2.93. The predicted octanol–water partition coefficient (Wildman–Crippen LogP) is 3.80. The van der Waals surface area contributed by atoms with Crippen LogP contribution in [0.25, 0.3) is 6.08 Å². The number of halogens is 1. The van der Waals surface area contributed by atoms with Gasteiger partial charge < -0.3 is 4.74 Å². The van der Waals surface area contributed by atoms with Gasteiger partial charge in [0.05, 0.1) is 16.5 Å². The van der Waals surface area contributed by atoms with Crippen molar-refractivity contribution in [1.82, 2.24) is 0 Å². The summed E-state index contributed by atoms with van der Waals surface area (Å²) in [5.74, 6) is 0.626. The second-order valence-electron chi connectivity index (χ2n) is 4.33. The minimum Gasteiger partial charge on any atom is -0.496 e. The Balaban J connectivity index is 2.49. The Hall–Kier alpha value is -2.10. The van der Waals surface area contributed by atoms with Gasteiger partial charge in [-0.2, -0.15) is 5.26 Å². The highest BCUT2D eigenvalue weighted by Gasteiger charge is 2.20. The molecule has 2 aromatic carbocycles. The maximum atomic E-state index is 12.4. The Morgan fingerprint density at radius 3 is 2.45 bits per heavy atom. The first-order chi connectivity index (χ1) is 10.5. The van der Waals surface area contributed by atoms with Gasteiger partial charge in [0.1, 0.15) is 16.7 Å². The van der Waals surface area contributed by atoms with Crippen LogP contribution in [0.5, 0.6) is 5.75 Å². The largest absolute Gasteiger partial charge is 0.496 e. The molecule has 0 saturated carbocycles. The SMILES string of the molecule is COc1ccc(C=C(C#N)S(=O)(=O)c2ccccc2)cc1Br. The molecule has 0 heterocycles. The average Bonchev–Trinajstić information content (AvgIpc) is 2.53. The van der Waals surface area contributed by atoms with E-state index in [4.69, 9.17) is 4.74 Å². The third-order valence-corrected chi connectivity index (χ3v) is 5.23. The van der Waals surface area contributed by atoms with Gasteiger partial charge in [-0.1, -0.05) is 24.3 Å². The maximum absolute atomic E-state index is 12.4. The van der Waals surface area contributed by atoms with Crippen LogP contribution in [-0.2, 0) is 9.84 Å². The van der Waals surface area contributed by atoms with Crippen LogP contribution in [0.15, 0.2) is 62.8 Å². The lowest BCUT2D eigenvalue weighted by Gasteiger charge is -2.05. The van der Waals surface area contributed by atoms with Gasteiger partial charge in [0.15, 0.2) is 0 Å². The van der Waals surface area contributed by atoms with E-state index in [9.17, 15) is 13.7 Å². The minimum absolute atomic E-state index is 0.0929. The molecule has 0 amide bonds. The molecule has 0 N–H and O–H groups in total. The van der Waals surface area contributed by atoms with Crippen molar-refractivity contribution in [2.75, 3.05) is 7.11 Å². The van der Waals surface area contributed by atoms with Crippen LogP contribution in [0.3, 0.4) is 0 Å². The molecule has 22 heavy (non-hydrogen) atoms. The van der Waals surface area contributed by atoms with Gasteiger partial charge in [0, 0.05) is 0 Å². The van der Waals surface area contributed by atoms with Crippen molar-refractivity contribution in [3.8, 4) is 11.8 Å². The quantitative estimate of drug-likeness (QED) is 0.759. The fourth-order valence-electron chi connectivity index (χ4n) is 1.82. The molecule has 6 heteroatoms. The van der Waals surface area contributed by atoms with Crippen LogP contribution >= 0.6 is 15.9 Å². The molecule has 2 aromatic rings. The Kier molecular flexibility index (Phi) is 5.01. The van der Waals surface area contributed by atoms with E-state index >= 15 is 0 Å². The summed E-state index contributed by atoms with van der Waals surface area (Å²) in [5, 5.41) is 9.22. The van der Waals surface area contributed by atoms with Gasteiger partial charge in [-0.05, 0) is 51.8 Å². The van der Waals surface area contributed by atoms with Gasteiger partial charge in [0.25, 0.3) is 0 Å². The fraction of sp³-hybridized carbons (Fsp3) is 0.0625. The van der Waals surface area contributed by atoms with E-state index in [0.717, 1.165) is 0 Å². The lowest BCUT2D eigenvalue weighted by molar-refractivity contribution is 0.412. The summed E-state index contributed by atoms with van der Waals surface area (Å²) in [5.41, 5.74) is 0.587. The number of nitrogens with zero attached hydrogens (tertiary/aromatic N) is 1. The second kappa shape index (κ2) is 6.77. The monoisotopic (exact) mass is 377 g/mol. The minimum atomic E-state index is -3.82. The van der Waals surface area contributed by atoms with Crippen LogP contribution in [-0.4, -0.2) is 15.5 Å². The maximum Gasteiger partial charge on any atom is 0.216 e. The number of rotatable bonds is 4. The van der Waals surface area contributed by atoms with E-state index in [2.05, 4.69) is 15.9 Å². The summed E-state index contributed by atoms with van der Waals surface area (Å²) < 4.78 is 30.7. The molecular weight excluding hydrogens is 366 g/mol. The number of allylic oxidation sites excluding steroid dienone is 1. The molecule has 0 fully saturated rings. The van der Waals surface area contributed by atoms with E-state index in [1.54, 1.807) is 42.5 Å². The lowest BCUT2D eigenvalue weighted by Crippen LogP contribution is -2.03. The van der Waals surface area contributed by atoms with Gasteiger partial charge >= 0.3 is 0 Å². The van der Waals surface area contributed by atoms with E-state index in [1.165, 1.54) is 25.3 Å². The van der Waals surface area contributed by atoms with Crippen molar-refractivity contribution in [3.05, 3.63) is 63.5 Å². The van der Waals surface area contributed by atoms with Crippen LogP contribution in [0.4, 0.5) is 0 Å². The highest BCUT2D eigenvalue weighted by atomic mass is 79.9. The zero-order valence-corrected chi connectivity index (χ0v) is 14.1. The molecule has 0 aliphatic carbocycles. The molecule has 0 radical (unpaired) electrons. The van der Waals surface area contributed by atoms with Crippen molar-refractivity contribution in [2.24, 2.45) is 0 Å². The second-order valence-corrected chi connectivity index (χ2v) is 7.10. The Labute approximate surface area is 137 Å². The molecule has 4 nitrogen and oxygen atoms in total. The van der Waals surface area contributed by atoms with Gasteiger partial charge in [-0.3, -0.25) is 0 Å². The van der Waals surface area contributed by atoms with E-state index in [-0.39, 0.29) is 9.80 Å². The Morgan fingerprint density at radius 1 is 1.23 bits per heavy atom. The smallest absolute Gasteiger partial charge is 0.216 e. The van der Waals surface area contributed by atoms with Crippen molar-refractivity contribution in [1.29, 1.82) is 5.26 Å². The van der Waals surface area contributed by atoms with Gasteiger partial charge in [-0.15, -0.1) is 0 Å². The number of methoxy groups -OCH3 is 1. The number of nitriles is 1. The third kappa shape index (κ3) is 3.38. The molecule has 0 aromatic heterocycles. The molecular formula is C16H12BrNO3S. The summed E-state index contributed by atoms with van der Waals surface area (Å²) in [4.78, 5) is -0.217. The van der Waals surface area contributed by atoms with Crippen LogP contribution < -0.4 is 4.74 Å².